The molecule has 2 aromatic carbocycles. The van der Waals surface area contributed by atoms with Crippen molar-refractivity contribution in [3.63, 3.8) is 0 Å². The van der Waals surface area contributed by atoms with Crippen molar-refractivity contribution in [3.05, 3.63) is 57.1 Å². The average molecular weight is 630 g/mol. The lowest BCUT2D eigenvalue weighted by Crippen LogP contribution is -2.52. The van der Waals surface area contributed by atoms with Gasteiger partial charge in [0.15, 0.2) is 5.78 Å². The second kappa shape index (κ2) is 13.2. The number of halogens is 5. The van der Waals surface area contributed by atoms with Crippen LogP contribution in [0.15, 0.2) is 30.3 Å². The van der Waals surface area contributed by atoms with Crippen LogP contribution in [0.4, 0.5) is 18.9 Å². The maximum Gasteiger partial charge on any atom is 0.471 e. The van der Waals surface area contributed by atoms with Gasteiger partial charge in [0.1, 0.15) is 11.4 Å². The van der Waals surface area contributed by atoms with E-state index in [1.165, 1.54) is 19.2 Å². The van der Waals surface area contributed by atoms with Crippen molar-refractivity contribution in [1.82, 2.24) is 10.2 Å². The van der Waals surface area contributed by atoms with Crippen LogP contribution in [0, 0.1) is 6.92 Å². The lowest BCUT2D eigenvalue weighted by Gasteiger charge is -2.44. The van der Waals surface area contributed by atoms with Crippen LogP contribution in [0.25, 0.3) is 0 Å². The summed E-state index contributed by atoms with van der Waals surface area (Å²) in [6.07, 6.45) is -3.72. The van der Waals surface area contributed by atoms with Crippen molar-refractivity contribution < 1.29 is 37.0 Å². The van der Waals surface area contributed by atoms with Crippen LogP contribution < -0.4 is 15.0 Å². The molecule has 0 saturated carbocycles. The van der Waals surface area contributed by atoms with Gasteiger partial charge in [0.25, 0.3) is 5.91 Å². The van der Waals surface area contributed by atoms with E-state index in [0.29, 0.717) is 55.0 Å². The Morgan fingerprint density at radius 1 is 1.17 bits per heavy atom. The zero-order valence-corrected chi connectivity index (χ0v) is 24.8. The summed E-state index contributed by atoms with van der Waals surface area (Å²) in [5.74, 6) is -2.34. The number of hydrogen-bond acceptors (Lipinski definition) is 6. The van der Waals surface area contributed by atoms with Crippen molar-refractivity contribution in [2.75, 3.05) is 51.3 Å². The first-order valence-corrected chi connectivity index (χ1v) is 14.3. The lowest BCUT2D eigenvalue weighted by atomic mass is 9.82. The number of carbonyl (C=O) groups excluding carboxylic acids is 3. The number of Topliss-reactive ketones (excluding diaryl/α,β-unsaturated/α-hetero) is 1. The van der Waals surface area contributed by atoms with Crippen molar-refractivity contribution in [1.29, 1.82) is 0 Å². The van der Waals surface area contributed by atoms with E-state index in [4.69, 9.17) is 32.7 Å². The van der Waals surface area contributed by atoms with Crippen molar-refractivity contribution >= 4 is 46.5 Å². The molecular weight excluding hydrogens is 598 g/mol. The number of nitrogens with one attached hydrogen (secondary N) is 1. The predicted octanol–water partition coefficient (Wildman–Crippen LogP) is 5.46. The lowest BCUT2D eigenvalue weighted by molar-refractivity contribution is -0.170. The van der Waals surface area contributed by atoms with Crippen LogP contribution >= 0.6 is 23.2 Å². The number of nitrogens with zero attached hydrogens (tertiary/aromatic N) is 2. The van der Waals surface area contributed by atoms with Crippen molar-refractivity contribution in [2.45, 2.75) is 44.4 Å². The zero-order valence-electron chi connectivity index (χ0n) is 23.3. The molecular formula is C29H32Cl2F3N3O5. The number of ether oxygens (including phenoxy) is 2. The minimum Gasteiger partial charge on any atom is -0.486 e. The molecule has 1 spiro atoms. The number of carbonyl (C=O) groups is 3. The van der Waals surface area contributed by atoms with Gasteiger partial charge in [0, 0.05) is 65.3 Å². The van der Waals surface area contributed by atoms with E-state index >= 15 is 0 Å². The first-order chi connectivity index (χ1) is 19.8. The summed E-state index contributed by atoms with van der Waals surface area (Å²) < 4.78 is 51.7. The molecule has 2 aromatic rings. The van der Waals surface area contributed by atoms with Gasteiger partial charge in [-0.3, -0.25) is 14.4 Å². The monoisotopic (exact) mass is 629 g/mol. The van der Waals surface area contributed by atoms with Crippen LogP contribution in [0.2, 0.25) is 10.0 Å². The molecule has 1 fully saturated rings. The molecule has 8 nitrogen and oxygen atoms in total. The summed E-state index contributed by atoms with van der Waals surface area (Å²) in [6, 6.07) is 7.71. The van der Waals surface area contributed by atoms with Gasteiger partial charge in [0.2, 0.25) is 0 Å². The Kier molecular flexibility index (Phi) is 10.1. The molecule has 0 aliphatic carbocycles. The summed E-state index contributed by atoms with van der Waals surface area (Å²) in [7, 11) is 1.43. The first-order valence-electron chi connectivity index (χ1n) is 13.5. The number of likely N-dealkylation sites (tertiary alicyclic amines) is 1. The first kappa shape index (κ1) is 32.1. The fraction of sp³-hybridized carbons (Fsp3) is 0.483. The molecule has 0 unspecified atom stereocenters. The molecule has 2 heterocycles. The molecule has 1 saturated heterocycles. The Balaban J connectivity index is 1.43. The smallest absolute Gasteiger partial charge is 0.471 e. The van der Waals surface area contributed by atoms with Gasteiger partial charge in [-0.25, -0.2) is 0 Å². The summed E-state index contributed by atoms with van der Waals surface area (Å²) in [5.41, 5.74) is 0.114. The zero-order chi connectivity index (χ0) is 30.7. The normalized spacial score (nSPS) is 16.6. The number of anilines is 1. The van der Waals surface area contributed by atoms with Gasteiger partial charge in [-0.1, -0.05) is 29.3 Å². The SMILES string of the molecule is COCCCN(C(=O)C(F)(F)F)c1cc2c(cc1C)C(=O)CC1(CCN(CCNC(=O)c3c(Cl)cccc3Cl)CC1)O2. The Hall–Kier alpha value is -2.86. The molecule has 2 aliphatic rings. The third-order valence-electron chi connectivity index (χ3n) is 7.59. The number of hydrogen-bond donors (Lipinski definition) is 1. The minimum atomic E-state index is -5.07. The highest BCUT2D eigenvalue weighted by molar-refractivity contribution is 6.39. The van der Waals surface area contributed by atoms with Gasteiger partial charge in [-0.05, 0) is 37.1 Å². The second-order valence-corrected chi connectivity index (χ2v) is 11.3. The van der Waals surface area contributed by atoms with Crippen LogP contribution in [-0.4, -0.2) is 80.7 Å². The van der Waals surface area contributed by atoms with Gasteiger partial charge in [-0.15, -0.1) is 0 Å². The predicted molar refractivity (Wildman–Crippen MR) is 153 cm³/mol. The highest BCUT2D eigenvalue weighted by Gasteiger charge is 2.45. The third-order valence-corrected chi connectivity index (χ3v) is 8.22. The number of fused-ring (bicyclic) bond motifs is 1. The molecule has 0 atom stereocenters. The van der Waals surface area contributed by atoms with E-state index in [-0.39, 0.29) is 64.7 Å². The molecule has 1 N–H and O–H groups in total. The van der Waals surface area contributed by atoms with Gasteiger partial charge in [0.05, 0.1) is 33.3 Å². The number of benzene rings is 2. The maximum absolute atomic E-state index is 13.5. The van der Waals surface area contributed by atoms with Gasteiger partial charge >= 0.3 is 12.1 Å². The summed E-state index contributed by atoms with van der Waals surface area (Å²) in [5, 5.41) is 3.35. The quantitative estimate of drug-likeness (QED) is 0.371. The summed E-state index contributed by atoms with van der Waals surface area (Å²) in [6.45, 7) is 3.60. The molecule has 0 radical (unpaired) electrons. The molecule has 2 aliphatic heterocycles. The standard InChI is InChI=1S/C29H32Cl2F3N3O5/c1-18-15-19-23(38)17-28(42-24(19)16-22(18)37(10-4-14-41-2)27(40)29(32,33)34)7-11-36(12-8-28)13-9-35-26(39)25-20(30)5-3-6-21(25)31/h3,5-6,15-16H,4,7-14,17H2,1-2H3,(H,35,39). The van der Waals surface area contributed by atoms with Crippen LogP contribution in [0.1, 0.15) is 52.0 Å². The van der Waals surface area contributed by atoms with E-state index in [9.17, 15) is 27.6 Å². The second-order valence-electron chi connectivity index (χ2n) is 10.5. The van der Waals surface area contributed by atoms with Gasteiger partial charge in [-0.2, -0.15) is 13.2 Å². The van der Waals surface area contributed by atoms with E-state index < -0.39 is 17.7 Å². The maximum atomic E-state index is 13.5. The number of aryl methyl sites for hydroxylation is 1. The van der Waals surface area contributed by atoms with E-state index in [1.54, 1.807) is 25.1 Å². The Morgan fingerprint density at radius 2 is 1.83 bits per heavy atom. The highest BCUT2D eigenvalue weighted by atomic mass is 35.5. The number of amides is 2. The van der Waals surface area contributed by atoms with E-state index in [1.807, 2.05) is 0 Å². The van der Waals surface area contributed by atoms with E-state index in [2.05, 4.69) is 10.2 Å². The Labute approximate surface area is 252 Å². The number of rotatable bonds is 9. The number of methoxy groups -OCH3 is 1. The average Bonchev–Trinajstić information content (AvgIpc) is 2.92. The van der Waals surface area contributed by atoms with Crippen molar-refractivity contribution in [3.8, 4) is 5.75 Å². The van der Waals surface area contributed by atoms with Crippen LogP contribution in [-0.2, 0) is 9.53 Å². The molecule has 0 bridgehead atoms. The summed E-state index contributed by atoms with van der Waals surface area (Å²) >= 11 is 12.2. The third kappa shape index (κ3) is 7.19. The number of alkyl halides is 3. The number of piperidine rings is 1. The summed E-state index contributed by atoms with van der Waals surface area (Å²) in [4.78, 5) is 40.8. The minimum absolute atomic E-state index is 0.0452. The number of ketones is 1. The Morgan fingerprint density at radius 3 is 2.45 bits per heavy atom. The Bertz CT molecular complexity index is 1330. The molecule has 0 aromatic heterocycles. The van der Waals surface area contributed by atoms with E-state index in [0.717, 1.165) is 0 Å². The molecule has 13 heteroatoms. The largest absolute Gasteiger partial charge is 0.486 e. The van der Waals surface area contributed by atoms with Gasteiger partial charge < -0.3 is 24.6 Å². The van der Waals surface area contributed by atoms with Crippen LogP contribution in [0.5, 0.6) is 5.75 Å². The molecule has 4 rings (SSSR count). The topological polar surface area (TPSA) is 88.2 Å². The van der Waals surface area contributed by atoms with Crippen LogP contribution in [0.3, 0.4) is 0 Å². The molecule has 228 valence electrons. The fourth-order valence-electron chi connectivity index (χ4n) is 5.37. The molecule has 2 amide bonds. The highest BCUT2D eigenvalue weighted by Crippen LogP contribution is 2.42. The molecule has 42 heavy (non-hydrogen) atoms. The fourth-order valence-corrected chi connectivity index (χ4v) is 5.94. The van der Waals surface area contributed by atoms with Crippen molar-refractivity contribution in [2.24, 2.45) is 0 Å².